The van der Waals surface area contributed by atoms with Gasteiger partial charge in [-0.05, 0) is 41.8 Å². The standard InChI is InChI=1S/C23H21FN2O4/c1-14-6-3-4-9-18(14)20(12-21(27)28)26-22(29)16-11-19(23(30-2)25-13-16)15-7-5-8-17(24)10-15/h3-11,13,20H,12H2,1-2H3,(H,26,29)(H,27,28)/t20-/m0/s1. The Labute approximate surface area is 173 Å². The summed E-state index contributed by atoms with van der Waals surface area (Å²) < 4.78 is 18.9. The van der Waals surface area contributed by atoms with Gasteiger partial charge in [-0.3, -0.25) is 9.59 Å². The van der Waals surface area contributed by atoms with E-state index in [1.807, 2.05) is 19.1 Å². The highest BCUT2D eigenvalue weighted by Gasteiger charge is 2.21. The summed E-state index contributed by atoms with van der Waals surface area (Å²) in [5.74, 6) is -1.70. The highest BCUT2D eigenvalue weighted by Crippen LogP contribution is 2.30. The number of aromatic nitrogens is 1. The Kier molecular flexibility index (Phi) is 6.41. The molecule has 0 spiro atoms. The van der Waals surface area contributed by atoms with Crippen molar-refractivity contribution >= 4 is 11.9 Å². The van der Waals surface area contributed by atoms with Gasteiger partial charge in [0.1, 0.15) is 5.82 Å². The Bertz CT molecular complexity index is 1080. The number of nitrogens with one attached hydrogen (secondary N) is 1. The predicted molar refractivity (Wildman–Crippen MR) is 110 cm³/mol. The van der Waals surface area contributed by atoms with Crippen molar-refractivity contribution in [3.05, 3.63) is 83.3 Å². The second-order valence-electron chi connectivity index (χ2n) is 6.77. The van der Waals surface area contributed by atoms with Crippen molar-refractivity contribution in [1.29, 1.82) is 0 Å². The summed E-state index contributed by atoms with van der Waals surface area (Å²) in [5, 5.41) is 12.1. The molecule has 0 saturated carbocycles. The molecule has 3 aromatic rings. The van der Waals surface area contributed by atoms with Crippen LogP contribution in [0.2, 0.25) is 0 Å². The number of benzene rings is 2. The molecular formula is C23H21FN2O4. The first-order valence-electron chi connectivity index (χ1n) is 9.27. The lowest BCUT2D eigenvalue weighted by Gasteiger charge is -2.20. The molecule has 1 atom stereocenters. The molecule has 0 fully saturated rings. The maximum Gasteiger partial charge on any atom is 0.305 e. The van der Waals surface area contributed by atoms with Crippen molar-refractivity contribution in [2.24, 2.45) is 0 Å². The molecule has 0 bridgehead atoms. The summed E-state index contributed by atoms with van der Waals surface area (Å²) in [4.78, 5) is 28.4. The van der Waals surface area contributed by atoms with E-state index in [1.54, 1.807) is 30.3 Å². The Hall–Kier alpha value is -3.74. The lowest BCUT2D eigenvalue weighted by Crippen LogP contribution is -2.30. The van der Waals surface area contributed by atoms with E-state index in [-0.39, 0.29) is 17.9 Å². The fraction of sp³-hybridized carbons (Fsp3) is 0.174. The van der Waals surface area contributed by atoms with E-state index < -0.39 is 23.7 Å². The first-order chi connectivity index (χ1) is 14.4. The quantitative estimate of drug-likeness (QED) is 0.613. The number of carboxylic acids is 1. The minimum absolute atomic E-state index is 0.207. The molecule has 1 aromatic heterocycles. The average molecular weight is 408 g/mol. The number of amides is 1. The first-order valence-corrected chi connectivity index (χ1v) is 9.27. The number of rotatable bonds is 7. The second kappa shape index (κ2) is 9.17. The summed E-state index contributed by atoms with van der Waals surface area (Å²) in [6, 6.07) is 14.0. The maximum atomic E-state index is 13.7. The van der Waals surface area contributed by atoms with Crippen molar-refractivity contribution in [3.63, 3.8) is 0 Å². The number of halogens is 1. The molecule has 0 radical (unpaired) electrons. The fourth-order valence-electron chi connectivity index (χ4n) is 3.23. The zero-order valence-corrected chi connectivity index (χ0v) is 16.6. The number of methoxy groups -OCH3 is 1. The molecule has 2 aromatic carbocycles. The molecule has 30 heavy (non-hydrogen) atoms. The van der Waals surface area contributed by atoms with Crippen LogP contribution in [-0.2, 0) is 4.79 Å². The van der Waals surface area contributed by atoms with Gasteiger partial charge in [0.25, 0.3) is 5.91 Å². The van der Waals surface area contributed by atoms with E-state index in [2.05, 4.69) is 10.3 Å². The zero-order chi connectivity index (χ0) is 21.7. The summed E-state index contributed by atoms with van der Waals surface area (Å²) in [6.45, 7) is 1.85. The number of nitrogens with zero attached hydrogens (tertiary/aromatic N) is 1. The summed E-state index contributed by atoms with van der Waals surface area (Å²) in [7, 11) is 1.44. The molecule has 6 nitrogen and oxygen atoms in total. The van der Waals surface area contributed by atoms with Crippen LogP contribution in [0, 0.1) is 12.7 Å². The number of hydrogen-bond acceptors (Lipinski definition) is 4. The molecule has 1 heterocycles. The van der Waals surface area contributed by atoms with E-state index in [4.69, 9.17) is 4.74 Å². The number of carbonyl (C=O) groups excluding carboxylic acids is 1. The number of pyridine rings is 1. The SMILES string of the molecule is COc1ncc(C(=O)N[C@@H](CC(=O)O)c2ccccc2C)cc1-c1cccc(F)c1. The van der Waals surface area contributed by atoms with Crippen LogP contribution in [0.25, 0.3) is 11.1 Å². The van der Waals surface area contributed by atoms with Crippen LogP contribution in [0.5, 0.6) is 5.88 Å². The smallest absolute Gasteiger partial charge is 0.305 e. The van der Waals surface area contributed by atoms with E-state index in [0.717, 1.165) is 11.1 Å². The predicted octanol–water partition coefficient (Wildman–Crippen LogP) is 4.15. The van der Waals surface area contributed by atoms with Gasteiger partial charge in [0, 0.05) is 11.8 Å². The normalized spacial score (nSPS) is 11.6. The summed E-state index contributed by atoms with van der Waals surface area (Å²) in [5.41, 5.74) is 2.77. The monoisotopic (exact) mass is 408 g/mol. The van der Waals surface area contributed by atoms with E-state index >= 15 is 0 Å². The lowest BCUT2D eigenvalue weighted by molar-refractivity contribution is -0.137. The van der Waals surface area contributed by atoms with Crippen LogP contribution in [0.4, 0.5) is 4.39 Å². The lowest BCUT2D eigenvalue weighted by atomic mass is 9.98. The van der Waals surface area contributed by atoms with E-state index in [0.29, 0.717) is 11.1 Å². The topological polar surface area (TPSA) is 88.5 Å². The van der Waals surface area contributed by atoms with Crippen molar-refractivity contribution in [3.8, 4) is 17.0 Å². The number of ether oxygens (including phenoxy) is 1. The summed E-state index contributed by atoms with van der Waals surface area (Å²) >= 11 is 0. The van der Waals surface area contributed by atoms with Gasteiger partial charge < -0.3 is 15.2 Å². The van der Waals surface area contributed by atoms with Gasteiger partial charge in [-0.1, -0.05) is 36.4 Å². The Morgan fingerprint density at radius 1 is 1.17 bits per heavy atom. The molecule has 154 valence electrons. The van der Waals surface area contributed by atoms with Crippen LogP contribution >= 0.6 is 0 Å². The molecule has 2 N–H and O–H groups in total. The van der Waals surface area contributed by atoms with Gasteiger partial charge in [0.2, 0.25) is 5.88 Å². The van der Waals surface area contributed by atoms with Crippen molar-refractivity contribution in [2.75, 3.05) is 7.11 Å². The minimum Gasteiger partial charge on any atom is -0.481 e. The molecule has 0 aliphatic rings. The van der Waals surface area contributed by atoms with Crippen LogP contribution in [0.3, 0.4) is 0 Å². The van der Waals surface area contributed by atoms with Crippen molar-refractivity contribution in [2.45, 2.75) is 19.4 Å². The Balaban J connectivity index is 1.94. The zero-order valence-electron chi connectivity index (χ0n) is 16.6. The molecule has 1 amide bonds. The van der Waals surface area contributed by atoms with Gasteiger partial charge in [0.15, 0.2) is 0 Å². The van der Waals surface area contributed by atoms with Crippen LogP contribution in [0.15, 0.2) is 60.8 Å². The van der Waals surface area contributed by atoms with Gasteiger partial charge in [-0.25, -0.2) is 9.37 Å². The Morgan fingerprint density at radius 2 is 1.93 bits per heavy atom. The second-order valence-corrected chi connectivity index (χ2v) is 6.77. The Morgan fingerprint density at radius 3 is 2.60 bits per heavy atom. The third-order valence-electron chi connectivity index (χ3n) is 4.69. The largest absolute Gasteiger partial charge is 0.481 e. The molecular weight excluding hydrogens is 387 g/mol. The highest BCUT2D eigenvalue weighted by atomic mass is 19.1. The van der Waals surface area contributed by atoms with Crippen molar-refractivity contribution < 1.29 is 23.8 Å². The number of aliphatic carboxylic acids is 1. The minimum atomic E-state index is -1.03. The van der Waals surface area contributed by atoms with Gasteiger partial charge in [0.05, 0.1) is 25.1 Å². The molecule has 0 saturated heterocycles. The molecule has 7 heteroatoms. The first kappa shape index (κ1) is 21.0. The highest BCUT2D eigenvalue weighted by molar-refractivity contribution is 5.96. The number of carboxylic acid groups (broad SMARTS) is 1. The molecule has 0 aliphatic heterocycles. The third-order valence-corrected chi connectivity index (χ3v) is 4.69. The van der Waals surface area contributed by atoms with Gasteiger partial charge in [-0.2, -0.15) is 0 Å². The molecule has 0 aliphatic carbocycles. The summed E-state index contributed by atoms with van der Waals surface area (Å²) in [6.07, 6.45) is 1.07. The van der Waals surface area contributed by atoms with Crippen LogP contribution in [-0.4, -0.2) is 29.1 Å². The van der Waals surface area contributed by atoms with Crippen molar-refractivity contribution in [1.82, 2.24) is 10.3 Å². The number of carbonyl (C=O) groups is 2. The average Bonchev–Trinajstić information content (AvgIpc) is 2.72. The molecule has 0 unspecified atom stereocenters. The van der Waals surface area contributed by atoms with Gasteiger partial charge >= 0.3 is 5.97 Å². The van der Waals surface area contributed by atoms with Crippen LogP contribution < -0.4 is 10.1 Å². The molecule has 3 rings (SSSR count). The third kappa shape index (κ3) is 4.81. The van der Waals surface area contributed by atoms with E-state index in [9.17, 15) is 19.1 Å². The number of hydrogen-bond donors (Lipinski definition) is 2. The number of aryl methyl sites for hydroxylation is 1. The van der Waals surface area contributed by atoms with E-state index in [1.165, 1.54) is 25.4 Å². The fourth-order valence-corrected chi connectivity index (χ4v) is 3.23. The maximum absolute atomic E-state index is 13.7. The van der Waals surface area contributed by atoms with Gasteiger partial charge in [-0.15, -0.1) is 0 Å². The van der Waals surface area contributed by atoms with Crippen LogP contribution in [0.1, 0.15) is 33.9 Å².